The molecule has 0 aromatic heterocycles. The number of methoxy groups -OCH3 is 1. The first-order valence-corrected chi connectivity index (χ1v) is 7.59. The Hall–Kier alpha value is -0.650. The molecule has 1 heterocycles. The van der Waals surface area contributed by atoms with Crippen LogP contribution in [0.4, 0.5) is 0 Å². The molecule has 0 amide bonds. The highest BCUT2D eigenvalue weighted by atomic mass is 16.6. The first kappa shape index (κ1) is 14.3. The van der Waals surface area contributed by atoms with Gasteiger partial charge in [0, 0.05) is 18.4 Å². The molecule has 2 N–H and O–H groups in total. The second kappa shape index (κ2) is 4.68. The van der Waals surface area contributed by atoms with E-state index in [1.807, 2.05) is 0 Å². The number of hydrogen-bond acceptors (Lipinski definition) is 5. The summed E-state index contributed by atoms with van der Waals surface area (Å²) in [5.41, 5.74) is -2.20. The predicted octanol–water partition coefficient (Wildman–Crippen LogP) is 0.870. The zero-order valence-corrected chi connectivity index (χ0v) is 12.1. The van der Waals surface area contributed by atoms with Crippen molar-refractivity contribution in [3.05, 3.63) is 0 Å². The van der Waals surface area contributed by atoms with Crippen LogP contribution in [0.15, 0.2) is 0 Å². The lowest BCUT2D eigenvalue weighted by atomic mass is 9.74. The van der Waals surface area contributed by atoms with Gasteiger partial charge in [0.15, 0.2) is 0 Å². The summed E-state index contributed by atoms with van der Waals surface area (Å²) < 4.78 is 11.0. The highest BCUT2D eigenvalue weighted by molar-refractivity contribution is 5.87. The Morgan fingerprint density at radius 3 is 2.50 bits per heavy atom. The van der Waals surface area contributed by atoms with Crippen LogP contribution in [0.2, 0.25) is 0 Å². The van der Waals surface area contributed by atoms with Crippen molar-refractivity contribution in [1.82, 2.24) is 0 Å². The molecule has 2 saturated carbocycles. The minimum atomic E-state index is -0.904. The average Bonchev–Trinajstić information content (AvgIpc) is 2.87. The van der Waals surface area contributed by atoms with Crippen LogP contribution in [-0.4, -0.2) is 48.7 Å². The van der Waals surface area contributed by atoms with Gasteiger partial charge in [0.05, 0.1) is 19.8 Å². The van der Waals surface area contributed by atoms with Crippen LogP contribution >= 0.6 is 0 Å². The van der Waals surface area contributed by atoms with Gasteiger partial charge in [-0.2, -0.15) is 0 Å². The average molecular weight is 284 g/mol. The topological polar surface area (TPSA) is 76.0 Å². The summed E-state index contributed by atoms with van der Waals surface area (Å²) >= 11 is 0. The maximum atomic E-state index is 12.5. The second-order valence-electron chi connectivity index (χ2n) is 6.54. The fourth-order valence-corrected chi connectivity index (χ4v) is 5.16. The predicted molar refractivity (Wildman–Crippen MR) is 70.9 cm³/mol. The third-order valence-electron chi connectivity index (χ3n) is 6.20. The Morgan fingerprint density at radius 2 is 1.90 bits per heavy atom. The van der Waals surface area contributed by atoms with Gasteiger partial charge in [0.25, 0.3) is 0 Å². The first-order valence-electron chi connectivity index (χ1n) is 7.59. The van der Waals surface area contributed by atoms with E-state index in [4.69, 9.17) is 9.47 Å². The molecule has 1 saturated heterocycles. The smallest absolute Gasteiger partial charge is 0.316 e. The van der Waals surface area contributed by atoms with Crippen LogP contribution < -0.4 is 0 Å². The molecular weight excluding hydrogens is 260 g/mol. The number of carbonyl (C=O) groups excluding carboxylic acids is 1. The third-order valence-corrected chi connectivity index (χ3v) is 6.20. The van der Waals surface area contributed by atoms with Crippen LogP contribution in [0.25, 0.3) is 0 Å². The van der Waals surface area contributed by atoms with E-state index in [1.165, 1.54) is 0 Å². The first-order chi connectivity index (χ1) is 9.65. The van der Waals surface area contributed by atoms with Crippen molar-refractivity contribution in [2.75, 3.05) is 26.9 Å². The number of hydrogen-bond donors (Lipinski definition) is 2. The molecule has 5 heteroatoms. The Bertz CT molecular complexity index is 405. The lowest BCUT2D eigenvalue weighted by molar-refractivity contribution is -0.173. The molecule has 0 unspecified atom stereocenters. The van der Waals surface area contributed by atoms with Gasteiger partial charge in [-0.05, 0) is 12.8 Å². The number of fused-ring (bicyclic) bond motifs is 1. The molecule has 4 atom stereocenters. The van der Waals surface area contributed by atoms with E-state index in [2.05, 4.69) is 0 Å². The summed E-state index contributed by atoms with van der Waals surface area (Å²) in [6, 6.07) is 0. The fraction of sp³-hybridized carbons (Fsp3) is 0.933. The number of carbonyl (C=O) groups is 1. The van der Waals surface area contributed by atoms with E-state index in [9.17, 15) is 15.0 Å². The van der Waals surface area contributed by atoms with Gasteiger partial charge < -0.3 is 19.7 Å². The Balaban J connectivity index is 2.10. The van der Waals surface area contributed by atoms with Gasteiger partial charge in [0.2, 0.25) is 0 Å². The minimum absolute atomic E-state index is 0.0160. The van der Waals surface area contributed by atoms with Gasteiger partial charge in [-0.25, -0.2) is 0 Å². The lowest BCUT2D eigenvalue weighted by Gasteiger charge is -2.39. The maximum absolute atomic E-state index is 12.5. The minimum Gasteiger partial charge on any atom is -0.465 e. The van der Waals surface area contributed by atoms with Gasteiger partial charge in [-0.15, -0.1) is 0 Å². The van der Waals surface area contributed by atoms with Crippen molar-refractivity contribution in [3.63, 3.8) is 0 Å². The zero-order valence-electron chi connectivity index (χ0n) is 12.1. The van der Waals surface area contributed by atoms with Crippen molar-refractivity contribution >= 4 is 5.97 Å². The monoisotopic (exact) mass is 284 g/mol. The van der Waals surface area contributed by atoms with Crippen molar-refractivity contribution in [2.24, 2.45) is 16.7 Å². The largest absolute Gasteiger partial charge is 0.465 e. The molecular formula is C15H24O5. The van der Waals surface area contributed by atoms with E-state index in [0.29, 0.717) is 13.0 Å². The molecule has 1 spiro atoms. The van der Waals surface area contributed by atoms with Gasteiger partial charge >= 0.3 is 5.97 Å². The van der Waals surface area contributed by atoms with E-state index in [-0.39, 0.29) is 25.1 Å². The van der Waals surface area contributed by atoms with Crippen molar-refractivity contribution in [2.45, 2.75) is 44.1 Å². The molecule has 5 nitrogen and oxygen atoms in total. The molecule has 0 aromatic carbocycles. The third kappa shape index (κ3) is 1.36. The number of aliphatic hydroxyl groups is 2. The zero-order chi connectivity index (χ0) is 14.4. The molecule has 0 aromatic rings. The standard InChI is InChI=1S/C15H24O5/c1-19-14(10-17)7-5-3-2-4-6-13(9-16)11-8-20-12(18)15(11,13)14/h11,16-17H,2-10H2,1H3/t11-,13-,14-,15-/m1/s1. The van der Waals surface area contributed by atoms with Gasteiger partial charge in [-0.1, -0.05) is 25.7 Å². The highest BCUT2D eigenvalue weighted by Gasteiger charge is 2.90. The summed E-state index contributed by atoms with van der Waals surface area (Å²) in [5.74, 6) is -0.299. The summed E-state index contributed by atoms with van der Waals surface area (Å²) in [6.07, 6.45) is 5.57. The Labute approximate surface area is 119 Å². The summed E-state index contributed by atoms with van der Waals surface area (Å²) in [6.45, 7) is 0.124. The Morgan fingerprint density at radius 1 is 1.20 bits per heavy atom. The summed E-state index contributed by atoms with van der Waals surface area (Å²) in [7, 11) is 1.56. The van der Waals surface area contributed by atoms with Crippen molar-refractivity contribution in [3.8, 4) is 0 Å². The molecule has 3 rings (SSSR count). The SMILES string of the molecule is CO[C@@]1(CO)CCCCCC[C@@]2(CO)[C@H]3COC(=O)[C@@]312. The van der Waals surface area contributed by atoms with Crippen LogP contribution in [0.3, 0.4) is 0 Å². The van der Waals surface area contributed by atoms with E-state index < -0.39 is 16.4 Å². The second-order valence-corrected chi connectivity index (χ2v) is 6.54. The molecule has 1 aliphatic heterocycles. The highest BCUT2D eigenvalue weighted by Crippen LogP contribution is 2.79. The number of aliphatic hydroxyl groups excluding tert-OH is 2. The molecule has 0 bridgehead atoms. The molecule has 3 fully saturated rings. The maximum Gasteiger partial charge on any atom is 0.316 e. The van der Waals surface area contributed by atoms with E-state index in [1.54, 1.807) is 7.11 Å². The summed E-state index contributed by atoms with van der Waals surface area (Å²) in [5, 5.41) is 20.0. The molecule has 0 radical (unpaired) electrons. The van der Waals surface area contributed by atoms with Crippen LogP contribution in [0.1, 0.15) is 38.5 Å². The molecule has 114 valence electrons. The van der Waals surface area contributed by atoms with Crippen LogP contribution in [-0.2, 0) is 14.3 Å². The molecule has 20 heavy (non-hydrogen) atoms. The van der Waals surface area contributed by atoms with E-state index >= 15 is 0 Å². The number of rotatable bonds is 3. The lowest BCUT2D eigenvalue weighted by Crippen LogP contribution is -2.52. The van der Waals surface area contributed by atoms with Crippen molar-refractivity contribution < 1.29 is 24.5 Å². The summed E-state index contributed by atoms with van der Waals surface area (Å²) in [4.78, 5) is 12.5. The van der Waals surface area contributed by atoms with Gasteiger partial charge in [0.1, 0.15) is 11.0 Å². The number of ether oxygens (including phenoxy) is 2. The normalized spacial score (nSPS) is 47.5. The van der Waals surface area contributed by atoms with Gasteiger partial charge in [-0.3, -0.25) is 4.79 Å². The molecule has 2 aliphatic carbocycles. The quantitative estimate of drug-likeness (QED) is 0.752. The fourth-order valence-electron chi connectivity index (χ4n) is 5.16. The van der Waals surface area contributed by atoms with Crippen LogP contribution in [0, 0.1) is 16.7 Å². The van der Waals surface area contributed by atoms with E-state index in [0.717, 1.165) is 32.1 Å². The van der Waals surface area contributed by atoms with Crippen LogP contribution in [0.5, 0.6) is 0 Å². The number of cyclic esters (lactones) is 1. The molecule has 3 aliphatic rings. The van der Waals surface area contributed by atoms with Crippen molar-refractivity contribution in [1.29, 1.82) is 0 Å². The number of esters is 1. The Kier molecular flexibility index (Phi) is 3.35.